The standard InChI is InChI=1S/C25H25F3N8O4/c1-12-6-14(8-29-7-12)20-34-21(30-9-15-5-3-4-13(2)33-15)16-22(35-20)36(11-32-16)24-18(38)17(37)19(40-24)23(39)31-10-25(26,27)28/h3-8,11,17-19,24,37-38H,9-10H2,1-2H3,(H,31,39)(H,30,34,35)/t17-,18+,19-,24+/m0/s1. The van der Waals surface area contributed by atoms with E-state index in [9.17, 15) is 28.2 Å². The van der Waals surface area contributed by atoms with Crippen molar-refractivity contribution in [2.24, 2.45) is 0 Å². The van der Waals surface area contributed by atoms with Crippen molar-refractivity contribution in [3.8, 4) is 11.4 Å². The molecule has 5 heterocycles. The van der Waals surface area contributed by atoms with Gasteiger partial charge in [0, 0.05) is 23.7 Å². The molecule has 12 nitrogen and oxygen atoms in total. The molecule has 0 aliphatic carbocycles. The number of carbonyl (C=O) groups is 1. The van der Waals surface area contributed by atoms with Gasteiger partial charge in [-0.3, -0.25) is 19.3 Å². The third kappa shape index (κ3) is 5.71. The fraction of sp³-hybridized carbons (Fsp3) is 0.360. The van der Waals surface area contributed by atoms with Gasteiger partial charge in [-0.2, -0.15) is 13.2 Å². The normalized spacial score (nSPS) is 21.1. The van der Waals surface area contributed by atoms with Gasteiger partial charge in [0.15, 0.2) is 35.1 Å². The lowest BCUT2D eigenvalue weighted by atomic mass is 10.1. The van der Waals surface area contributed by atoms with E-state index in [1.807, 2.05) is 38.1 Å². The lowest BCUT2D eigenvalue weighted by Crippen LogP contribution is -2.45. The van der Waals surface area contributed by atoms with Gasteiger partial charge in [-0.25, -0.2) is 15.0 Å². The minimum Gasteiger partial charge on any atom is -0.387 e. The summed E-state index contributed by atoms with van der Waals surface area (Å²) < 4.78 is 44.6. The van der Waals surface area contributed by atoms with Crippen molar-refractivity contribution in [1.82, 2.24) is 34.8 Å². The minimum atomic E-state index is -4.66. The molecule has 0 bridgehead atoms. The van der Waals surface area contributed by atoms with Crippen LogP contribution in [0.4, 0.5) is 19.0 Å². The van der Waals surface area contributed by atoms with Gasteiger partial charge in [-0.15, -0.1) is 0 Å². The van der Waals surface area contributed by atoms with E-state index >= 15 is 0 Å². The predicted molar refractivity (Wildman–Crippen MR) is 135 cm³/mol. The van der Waals surface area contributed by atoms with Crippen LogP contribution in [0.15, 0.2) is 43.0 Å². The molecule has 4 aromatic heterocycles. The monoisotopic (exact) mass is 558 g/mol. The Kier molecular flexibility index (Phi) is 7.35. The molecule has 1 aliphatic heterocycles. The maximum atomic E-state index is 12.6. The summed E-state index contributed by atoms with van der Waals surface area (Å²) in [5.74, 6) is -0.626. The van der Waals surface area contributed by atoms with Crippen LogP contribution in [0, 0.1) is 13.8 Å². The zero-order valence-electron chi connectivity index (χ0n) is 21.3. The number of imidazole rings is 1. The van der Waals surface area contributed by atoms with E-state index in [0.29, 0.717) is 17.9 Å². The average Bonchev–Trinajstić information content (AvgIpc) is 3.46. The van der Waals surface area contributed by atoms with Gasteiger partial charge in [-0.1, -0.05) is 6.07 Å². The van der Waals surface area contributed by atoms with E-state index in [2.05, 4.69) is 30.2 Å². The summed E-state index contributed by atoms with van der Waals surface area (Å²) in [7, 11) is 0. The first-order chi connectivity index (χ1) is 19.0. The van der Waals surface area contributed by atoms with Crippen LogP contribution in [0.2, 0.25) is 0 Å². The number of anilines is 1. The number of aryl methyl sites for hydroxylation is 2. The van der Waals surface area contributed by atoms with Gasteiger partial charge in [0.1, 0.15) is 18.8 Å². The van der Waals surface area contributed by atoms with Crippen molar-refractivity contribution < 1.29 is 32.9 Å². The number of aliphatic hydroxyl groups is 2. The molecule has 4 atom stereocenters. The first kappa shape index (κ1) is 27.4. The number of amides is 1. The summed E-state index contributed by atoms with van der Waals surface area (Å²) in [5, 5.41) is 26.0. The van der Waals surface area contributed by atoms with Crippen LogP contribution in [-0.2, 0) is 16.1 Å². The van der Waals surface area contributed by atoms with Crippen LogP contribution in [-0.4, -0.2) is 76.6 Å². The molecule has 0 saturated carbocycles. The Labute approximate surface area is 225 Å². The molecule has 210 valence electrons. The number of ether oxygens (including phenoxy) is 1. The molecule has 1 aliphatic rings. The zero-order valence-corrected chi connectivity index (χ0v) is 21.3. The molecule has 1 amide bonds. The summed E-state index contributed by atoms with van der Waals surface area (Å²) in [6.45, 7) is 2.42. The summed E-state index contributed by atoms with van der Waals surface area (Å²) >= 11 is 0. The Bertz CT molecular complexity index is 1550. The van der Waals surface area contributed by atoms with Gasteiger partial charge >= 0.3 is 6.18 Å². The highest BCUT2D eigenvalue weighted by Crippen LogP contribution is 2.34. The van der Waals surface area contributed by atoms with Crippen molar-refractivity contribution in [2.45, 2.75) is 51.1 Å². The zero-order chi connectivity index (χ0) is 28.6. The number of pyridine rings is 2. The molecule has 0 aromatic carbocycles. The highest BCUT2D eigenvalue weighted by molar-refractivity contribution is 5.85. The third-order valence-corrected chi connectivity index (χ3v) is 6.17. The molecular formula is C25H25F3N8O4. The van der Waals surface area contributed by atoms with Gasteiger partial charge in [0.05, 0.1) is 18.6 Å². The Hall–Kier alpha value is -4.21. The number of nitrogens with one attached hydrogen (secondary N) is 2. The van der Waals surface area contributed by atoms with Gasteiger partial charge in [-0.05, 0) is 37.6 Å². The maximum Gasteiger partial charge on any atom is 0.405 e. The fourth-order valence-electron chi connectivity index (χ4n) is 4.30. The fourth-order valence-corrected chi connectivity index (χ4v) is 4.30. The molecule has 1 saturated heterocycles. The molecule has 0 radical (unpaired) electrons. The number of rotatable bonds is 7. The van der Waals surface area contributed by atoms with Crippen LogP contribution in [0.5, 0.6) is 0 Å². The Morgan fingerprint density at radius 1 is 1.12 bits per heavy atom. The predicted octanol–water partition coefficient (Wildman–Crippen LogP) is 1.81. The SMILES string of the molecule is Cc1cncc(-c2nc(NCc3cccc(C)n3)c3ncn([C@@H]4O[C@H](C(=O)NCC(F)(F)F)[C@@H](O)[C@H]4O)c3n2)c1. The molecule has 0 unspecified atom stereocenters. The van der Waals surface area contributed by atoms with Gasteiger partial charge in [0.2, 0.25) is 0 Å². The first-order valence-electron chi connectivity index (χ1n) is 12.2. The van der Waals surface area contributed by atoms with E-state index in [0.717, 1.165) is 17.0 Å². The van der Waals surface area contributed by atoms with Crippen molar-refractivity contribution in [1.29, 1.82) is 0 Å². The molecule has 40 heavy (non-hydrogen) atoms. The number of aromatic nitrogens is 6. The van der Waals surface area contributed by atoms with Crippen LogP contribution in [0.1, 0.15) is 23.2 Å². The number of nitrogens with zero attached hydrogens (tertiary/aromatic N) is 6. The van der Waals surface area contributed by atoms with Crippen LogP contribution in [0.25, 0.3) is 22.6 Å². The second kappa shape index (κ2) is 10.7. The topological polar surface area (TPSA) is 160 Å². The average molecular weight is 559 g/mol. The number of halogens is 3. The van der Waals surface area contributed by atoms with Gasteiger partial charge < -0.3 is 25.6 Å². The molecule has 1 fully saturated rings. The van der Waals surface area contributed by atoms with E-state index < -0.39 is 43.2 Å². The van der Waals surface area contributed by atoms with Crippen molar-refractivity contribution in [2.75, 3.05) is 11.9 Å². The van der Waals surface area contributed by atoms with Gasteiger partial charge in [0.25, 0.3) is 5.91 Å². The number of hydrogen-bond acceptors (Lipinski definition) is 10. The number of hydrogen-bond donors (Lipinski definition) is 4. The quantitative estimate of drug-likeness (QED) is 0.263. The molecule has 4 N–H and O–H groups in total. The molecule has 0 spiro atoms. The lowest BCUT2D eigenvalue weighted by molar-refractivity contribution is -0.149. The molecule has 15 heteroatoms. The highest BCUT2D eigenvalue weighted by atomic mass is 19.4. The van der Waals surface area contributed by atoms with Crippen LogP contribution < -0.4 is 10.6 Å². The highest BCUT2D eigenvalue weighted by Gasteiger charge is 2.48. The smallest absolute Gasteiger partial charge is 0.387 e. The van der Waals surface area contributed by atoms with Crippen LogP contribution >= 0.6 is 0 Å². The summed E-state index contributed by atoms with van der Waals surface area (Å²) in [6.07, 6.45) is -6.75. The largest absolute Gasteiger partial charge is 0.405 e. The number of fused-ring (bicyclic) bond motifs is 1. The number of aliphatic hydroxyl groups excluding tert-OH is 2. The van der Waals surface area contributed by atoms with E-state index in [1.54, 1.807) is 17.7 Å². The Balaban J connectivity index is 1.51. The van der Waals surface area contributed by atoms with E-state index in [1.165, 1.54) is 10.9 Å². The van der Waals surface area contributed by atoms with E-state index in [-0.39, 0.29) is 17.0 Å². The lowest BCUT2D eigenvalue weighted by Gasteiger charge is -2.17. The molecular weight excluding hydrogens is 533 g/mol. The van der Waals surface area contributed by atoms with Crippen molar-refractivity contribution in [3.63, 3.8) is 0 Å². The van der Waals surface area contributed by atoms with Crippen molar-refractivity contribution in [3.05, 3.63) is 59.9 Å². The Morgan fingerprint density at radius 3 is 2.65 bits per heavy atom. The second-order valence-electron chi connectivity index (χ2n) is 9.36. The van der Waals surface area contributed by atoms with Crippen LogP contribution in [0.3, 0.4) is 0 Å². The maximum absolute atomic E-state index is 12.6. The second-order valence-corrected chi connectivity index (χ2v) is 9.36. The Morgan fingerprint density at radius 2 is 1.93 bits per heavy atom. The number of alkyl halides is 3. The summed E-state index contributed by atoms with van der Waals surface area (Å²) in [5.41, 5.74) is 3.49. The third-order valence-electron chi connectivity index (χ3n) is 6.17. The van der Waals surface area contributed by atoms with Crippen molar-refractivity contribution >= 4 is 22.9 Å². The minimum absolute atomic E-state index is 0.179. The molecule has 4 aromatic rings. The first-order valence-corrected chi connectivity index (χ1v) is 12.2. The summed E-state index contributed by atoms with van der Waals surface area (Å²) in [6, 6.07) is 7.41. The van der Waals surface area contributed by atoms with E-state index in [4.69, 9.17) is 4.74 Å². The summed E-state index contributed by atoms with van der Waals surface area (Å²) in [4.78, 5) is 34.6. The molecule has 5 rings (SSSR count). The number of carbonyl (C=O) groups excluding carboxylic acids is 1.